The molecule has 0 aliphatic heterocycles. The van der Waals surface area contributed by atoms with Gasteiger partial charge in [0.2, 0.25) is 0 Å². The predicted molar refractivity (Wildman–Crippen MR) is 114 cm³/mol. The molecule has 1 N–H and O–H groups in total. The zero-order valence-corrected chi connectivity index (χ0v) is 17.5. The fourth-order valence-electron chi connectivity index (χ4n) is 2.91. The van der Waals surface area contributed by atoms with Gasteiger partial charge in [0, 0.05) is 16.5 Å². The van der Waals surface area contributed by atoms with E-state index in [2.05, 4.69) is 15.4 Å². The monoisotopic (exact) mass is 462 g/mol. The molecule has 2 heterocycles. The fraction of sp³-hybridized carbons (Fsp3) is 0.0952. The van der Waals surface area contributed by atoms with E-state index in [1.165, 1.54) is 23.5 Å². The van der Waals surface area contributed by atoms with Gasteiger partial charge in [0.15, 0.2) is 10.8 Å². The molecule has 0 saturated heterocycles. The molecule has 5 nitrogen and oxygen atoms in total. The van der Waals surface area contributed by atoms with Crippen LogP contribution in [0.1, 0.15) is 21.7 Å². The van der Waals surface area contributed by atoms with E-state index in [1.807, 2.05) is 12.3 Å². The molecule has 0 spiro atoms. The zero-order valence-electron chi connectivity index (χ0n) is 15.9. The summed E-state index contributed by atoms with van der Waals surface area (Å²) in [6, 6.07) is 13.6. The van der Waals surface area contributed by atoms with Crippen molar-refractivity contribution in [1.29, 1.82) is 0 Å². The second-order valence-electron chi connectivity index (χ2n) is 6.60. The third-order valence-corrected chi connectivity index (χ3v) is 5.56. The minimum atomic E-state index is -4.62. The summed E-state index contributed by atoms with van der Waals surface area (Å²) in [6.07, 6.45) is -4.62. The van der Waals surface area contributed by atoms with Crippen LogP contribution >= 0.6 is 22.9 Å². The molecule has 0 atom stereocenters. The Hall–Kier alpha value is -3.17. The Morgan fingerprint density at radius 2 is 1.84 bits per heavy atom. The van der Waals surface area contributed by atoms with Crippen LogP contribution in [0.15, 0.2) is 60.0 Å². The lowest BCUT2D eigenvalue weighted by atomic mass is 10.1. The van der Waals surface area contributed by atoms with Gasteiger partial charge in [-0.1, -0.05) is 35.9 Å². The molecule has 1 amide bonds. The van der Waals surface area contributed by atoms with Crippen LogP contribution in [0, 0.1) is 6.92 Å². The number of para-hydroxylation sites is 1. The highest BCUT2D eigenvalue weighted by Crippen LogP contribution is 2.34. The lowest BCUT2D eigenvalue weighted by Gasteiger charge is -2.10. The van der Waals surface area contributed by atoms with E-state index in [-0.39, 0.29) is 16.6 Å². The average molecular weight is 463 g/mol. The van der Waals surface area contributed by atoms with Crippen LogP contribution in [-0.2, 0) is 6.18 Å². The Morgan fingerprint density at radius 1 is 1.13 bits per heavy atom. The molecule has 0 saturated carbocycles. The van der Waals surface area contributed by atoms with E-state index in [4.69, 9.17) is 11.6 Å². The summed E-state index contributed by atoms with van der Waals surface area (Å²) in [7, 11) is 0. The van der Waals surface area contributed by atoms with Gasteiger partial charge in [-0.05, 0) is 37.3 Å². The van der Waals surface area contributed by atoms with E-state index >= 15 is 0 Å². The van der Waals surface area contributed by atoms with Crippen molar-refractivity contribution in [3.05, 3.63) is 82.0 Å². The summed E-state index contributed by atoms with van der Waals surface area (Å²) < 4.78 is 41.1. The zero-order chi connectivity index (χ0) is 22.2. The summed E-state index contributed by atoms with van der Waals surface area (Å²) in [4.78, 5) is 16.6. The molecule has 4 rings (SSSR count). The van der Waals surface area contributed by atoms with Gasteiger partial charge >= 0.3 is 6.18 Å². The van der Waals surface area contributed by atoms with Crippen LogP contribution < -0.4 is 5.32 Å². The number of hydrogen-bond donors (Lipinski definition) is 1. The lowest BCUT2D eigenvalue weighted by molar-refractivity contribution is -0.141. The first kappa shape index (κ1) is 21.1. The molecule has 0 radical (unpaired) electrons. The van der Waals surface area contributed by atoms with E-state index in [1.54, 1.807) is 36.4 Å². The first-order valence-corrected chi connectivity index (χ1v) is 10.2. The molecular weight excluding hydrogens is 449 g/mol. The topological polar surface area (TPSA) is 59.8 Å². The second kappa shape index (κ2) is 8.16. The number of benzene rings is 2. The average Bonchev–Trinajstić information content (AvgIpc) is 3.35. The number of alkyl halides is 3. The summed E-state index contributed by atoms with van der Waals surface area (Å²) in [5, 5.41) is 8.96. The first-order valence-electron chi connectivity index (χ1n) is 8.98. The van der Waals surface area contributed by atoms with Crippen LogP contribution in [0.3, 0.4) is 0 Å². The number of carbonyl (C=O) groups excluding carboxylic acids is 1. The quantitative estimate of drug-likeness (QED) is 0.391. The van der Waals surface area contributed by atoms with E-state index < -0.39 is 11.9 Å². The number of nitrogens with zero attached hydrogens (tertiary/aromatic N) is 3. The van der Waals surface area contributed by atoms with Crippen molar-refractivity contribution < 1.29 is 18.0 Å². The van der Waals surface area contributed by atoms with Crippen molar-refractivity contribution >= 4 is 34.0 Å². The van der Waals surface area contributed by atoms with E-state index in [9.17, 15) is 18.0 Å². The molecule has 2 aromatic heterocycles. The van der Waals surface area contributed by atoms with Crippen molar-refractivity contribution in [2.24, 2.45) is 0 Å². The summed E-state index contributed by atoms with van der Waals surface area (Å²) in [6.45, 7) is 1.82. The molecule has 31 heavy (non-hydrogen) atoms. The first-order chi connectivity index (χ1) is 14.7. The number of aryl methyl sites for hydroxylation is 1. The Morgan fingerprint density at radius 3 is 2.45 bits per heavy atom. The minimum Gasteiger partial charge on any atom is -0.298 e. The predicted octanol–water partition coefficient (Wildman–Crippen LogP) is 6.23. The Bertz CT molecular complexity index is 1250. The Balaban J connectivity index is 1.69. The molecule has 0 fully saturated rings. The maximum Gasteiger partial charge on any atom is 0.435 e. The SMILES string of the molecule is Cc1csc(NC(=O)c2ccc(-c3cc(C(F)(F)F)nn3-c3ccccc3Cl)cc2)n1. The van der Waals surface area contributed by atoms with E-state index in [0.29, 0.717) is 21.9 Å². The Labute approximate surface area is 184 Å². The number of aromatic nitrogens is 3. The standard InChI is InChI=1S/C21H14ClF3N4OS/c1-12-11-31-20(26-12)27-19(30)14-8-6-13(7-9-14)17-10-18(21(23,24)25)28-29(17)16-5-3-2-4-15(16)22/h2-11H,1H3,(H,26,27,30). The number of thiazole rings is 1. The second-order valence-corrected chi connectivity index (χ2v) is 7.87. The maximum absolute atomic E-state index is 13.3. The normalized spacial score (nSPS) is 11.5. The van der Waals surface area contributed by atoms with Gasteiger partial charge in [-0.2, -0.15) is 18.3 Å². The van der Waals surface area contributed by atoms with Crippen molar-refractivity contribution in [3.8, 4) is 16.9 Å². The van der Waals surface area contributed by atoms with Crippen LogP contribution in [0.4, 0.5) is 18.3 Å². The van der Waals surface area contributed by atoms with Gasteiger partial charge in [-0.3, -0.25) is 10.1 Å². The van der Waals surface area contributed by atoms with Gasteiger partial charge in [-0.15, -0.1) is 11.3 Å². The molecule has 10 heteroatoms. The van der Waals surface area contributed by atoms with Gasteiger partial charge in [-0.25, -0.2) is 9.67 Å². The van der Waals surface area contributed by atoms with Crippen molar-refractivity contribution in [3.63, 3.8) is 0 Å². The van der Waals surface area contributed by atoms with Crippen LogP contribution in [0.5, 0.6) is 0 Å². The minimum absolute atomic E-state index is 0.197. The molecule has 0 aliphatic carbocycles. The van der Waals surface area contributed by atoms with Gasteiger partial charge in [0.25, 0.3) is 5.91 Å². The molecule has 0 bridgehead atoms. The molecule has 158 valence electrons. The third kappa shape index (κ3) is 4.47. The largest absolute Gasteiger partial charge is 0.435 e. The Kier molecular flexibility index (Phi) is 5.55. The molecule has 0 unspecified atom stereocenters. The van der Waals surface area contributed by atoms with Gasteiger partial charge in [0.05, 0.1) is 22.1 Å². The number of amides is 1. The number of halogens is 4. The molecular formula is C21H14ClF3N4OS. The van der Waals surface area contributed by atoms with Gasteiger partial charge in [0.1, 0.15) is 0 Å². The number of rotatable bonds is 4. The van der Waals surface area contributed by atoms with Crippen LogP contribution in [0.25, 0.3) is 16.9 Å². The maximum atomic E-state index is 13.3. The number of hydrogen-bond acceptors (Lipinski definition) is 4. The summed E-state index contributed by atoms with van der Waals surface area (Å²) >= 11 is 7.49. The smallest absolute Gasteiger partial charge is 0.298 e. The fourth-order valence-corrected chi connectivity index (χ4v) is 3.80. The van der Waals surface area contributed by atoms with Crippen molar-refractivity contribution in [2.75, 3.05) is 5.32 Å². The number of nitrogens with one attached hydrogen (secondary N) is 1. The van der Waals surface area contributed by atoms with Crippen molar-refractivity contribution in [2.45, 2.75) is 13.1 Å². The summed E-state index contributed by atoms with van der Waals surface area (Å²) in [5.41, 5.74) is 1.06. The molecule has 0 aliphatic rings. The number of carbonyl (C=O) groups is 1. The number of anilines is 1. The van der Waals surface area contributed by atoms with Gasteiger partial charge < -0.3 is 0 Å². The highest BCUT2D eigenvalue weighted by Gasteiger charge is 2.35. The third-order valence-electron chi connectivity index (χ3n) is 4.36. The highest BCUT2D eigenvalue weighted by molar-refractivity contribution is 7.13. The van der Waals surface area contributed by atoms with Crippen LogP contribution in [0.2, 0.25) is 5.02 Å². The summed E-state index contributed by atoms with van der Waals surface area (Å²) in [5.74, 6) is -0.364. The van der Waals surface area contributed by atoms with Crippen molar-refractivity contribution in [1.82, 2.24) is 14.8 Å². The lowest BCUT2D eigenvalue weighted by Crippen LogP contribution is -2.11. The molecule has 4 aromatic rings. The van der Waals surface area contributed by atoms with Crippen LogP contribution in [-0.4, -0.2) is 20.7 Å². The molecule has 2 aromatic carbocycles. The van der Waals surface area contributed by atoms with E-state index in [0.717, 1.165) is 16.4 Å². The highest BCUT2D eigenvalue weighted by atomic mass is 35.5.